The molecule has 39 heavy (non-hydrogen) atoms. The molecule has 0 amide bonds. The molecule has 13 atom stereocenters. The highest BCUT2D eigenvalue weighted by Crippen LogP contribution is 2.70. The van der Waals surface area contributed by atoms with Crippen molar-refractivity contribution in [2.24, 2.45) is 22.7 Å². The SMILES string of the molecule is CC1O[C@H](O[C@@H]2C=C3CCC4C(C[C@@H](O)[C@]5(C)[C@@H](c6ccc(=O)oc6)CC[C@]45O)[C@@]3(C)CC2)C(O)C(O)[C@@H]1O. The van der Waals surface area contributed by atoms with Crippen LogP contribution in [0.4, 0.5) is 0 Å². The van der Waals surface area contributed by atoms with Crippen LogP contribution in [-0.4, -0.2) is 74.0 Å². The fourth-order valence-corrected chi connectivity index (χ4v) is 9.16. The quantitative estimate of drug-likeness (QED) is 0.359. The minimum Gasteiger partial charge on any atom is -0.431 e. The number of hydrogen-bond donors (Lipinski definition) is 5. The summed E-state index contributed by atoms with van der Waals surface area (Å²) >= 11 is 0. The molecule has 0 bridgehead atoms. The molecule has 4 aliphatic carbocycles. The third-order valence-electron chi connectivity index (χ3n) is 11.6. The van der Waals surface area contributed by atoms with Gasteiger partial charge in [0.2, 0.25) is 0 Å². The van der Waals surface area contributed by atoms with Gasteiger partial charge in [0.25, 0.3) is 0 Å². The predicted octanol–water partition coefficient (Wildman–Crippen LogP) is 1.98. The third kappa shape index (κ3) is 3.95. The van der Waals surface area contributed by atoms with Gasteiger partial charge in [-0.1, -0.05) is 25.5 Å². The van der Waals surface area contributed by atoms with Crippen molar-refractivity contribution in [3.8, 4) is 0 Å². The maximum absolute atomic E-state index is 12.4. The number of ether oxygens (including phenoxy) is 2. The van der Waals surface area contributed by atoms with Crippen LogP contribution in [0.25, 0.3) is 0 Å². The molecule has 0 spiro atoms. The highest BCUT2D eigenvalue weighted by atomic mass is 16.7. The Hall–Kier alpha value is -1.59. The summed E-state index contributed by atoms with van der Waals surface area (Å²) in [4.78, 5) is 11.6. The molecular formula is C30H42O9. The van der Waals surface area contributed by atoms with Crippen molar-refractivity contribution in [1.29, 1.82) is 0 Å². The molecule has 5 unspecified atom stereocenters. The van der Waals surface area contributed by atoms with Crippen molar-refractivity contribution >= 4 is 0 Å². The summed E-state index contributed by atoms with van der Waals surface area (Å²) < 4.78 is 16.9. The lowest BCUT2D eigenvalue weighted by Gasteiger charge is -2.63. The highest BCUT2D eigenvalue weighted by Gasteiger charge is 2.70. The van der Waals surface area contributed by atoms with E-state index in [9.17, 15) is 30.3 Å². The van der Waals surface area contributed by atoms with Crippen LogP contribution in [-0.2, 0) is 9.47 Å². The molecule has 3 saturated carbocycles. The zero-order valence-corrected chi connectivity index (χ0v) is 22.9. The van der Waals surface area contributed by atoms with Gasteiger partial charge in [0.05, 0.1) is 30.2 Å². The van der Waals surface area contributed by atoms with Crippen LogP contribution < -0.4 is 5.63 Å². The average Bonchev–Trinajstić information content (AvgIpc) is 3.20. The molecule has 0 aromatic carbocycles. The van der Waals surface area contributed by atoms with Gasteiger partial charge in [-0.3, -0.25) is 0 Å². The van der Waals surface area contributed by atoms with E-state index >= 15 is 0 Å². The zero-order chi connectivity index (χ0) is 27.9. The Kier molecular flexibility index (Phi) is 6.70. The van der Waals surface area contributed by atoms with E-state index in [1.807, 2.05) is 6.92 Å². The predicted molar refractivity (Wildman–Crippen MR) is 140 cm³/mol. The van der Waals surface area contributed by atoms with Crippen molar-refractivity contribution in [2.75, 3.05) is 0 Å². The van der Waals surface area contributed by atoms with Crippen LogP contribution in [0, 0.1) is 22.7 Å². The normalized spacial score (nSPS) is 51.4. The largest absolute Gasteiger partial charge is 0.431 e. The summed E-state index contributed by atoms with van der Waals surface area (Å²) in [5.74, 6) is 0.0366. The molecule has 6 rings (SSSR count). The van der Waals surface area contributed by atoms with Crippen LogP contribution in [0.2, 0.25) is 0 Å². The van der Waals surface area contributed by atoms with E-state index in [4.69, 9.17) is 13.9 Å². The summed E-state index contributed by atoms with van der Waals surface area (Å²) in [7, 11) is 0. The zero-order valence-electron chi connectivity index (χ0n) is 22.9. The molecule has 2 heterocycles. The minimum atomic E-state index is -1.34. The van der Waals surface area contributed by atoms with Crippen LogP contribution >= 0.6 is 0 Å². The molecular weight excluding hydrogens is 504 g/mol. The maximum Gasteiger partial charge on any atom is 0.335 e. The second-order valence-electron chi connectivity index (χ2n) is 13.2. The first-order chi connectivity index (χ1) is 18.4. The van der Waals surface area contributed by atoms with Gasteiger partial charge >= 0.3 is 5.63 Å². The highest BCUT2D eigenvalue weighted by molar-refractivity contribution is 5.32. The Bertz CT molecular complexity index is 1160. The molecule has 216 valence electrons. The lowest BCUT2D eigenvalue weighted by molar-refractivity contribution is -0.301. The minimum absolute atomic E-state index is 0.0345. The second-order valence-corrected chi connectivity index (χ2v) is 13.2. The van der Waals surface area contributed by atoms with Crippen molar-refractivity contribution in [3.63, 3.8) is 0 Å². The summed E-state index contributed by atoms with van der Waals surface area (Å²) in [5, 5.41) is 54.7. The molecule has 9 nitrogen and oxygen atoms in total. The number of hydrogen-bond acceptors (Lipinski definition) is 9. The van der Waals surface area contributed by atoms with E-state index in [1.165, 1.54) is 17.9 Å². The van der Waals surface area contributed by atoms with Gasteiger partial charge in [0, 0.05) is 11.5 Å². The summed E-state index contributed by atoms with van der Waals surface area (Å²) in [6, 6.07) is 3.18. The molecule has 1 aromatic rings. The van der Waals surface area contributed by atoms with Gasteiger partial charge in [-0.15, -0.1) is 0 Å². The fourth-order valence-electron chi connectivity index (χ4n) is 9.16. The smallest absolute Gasteiger partial charge is 0.335 e. The Morgan fingerprint density at radius 3 is 2.46 bits per heavy atom. The van der Waals surface area contributed by atoms with Crippen LogP contribution in [0.15, 0.2) is 39.3 Å². The van der Waals surface area contributed by atoms with E-state index in [0.29, 0.717) is 19.3 Å². The van der Waals surface area contributed by atoms with Gasteiger partial charge in [-0.2, -0.15) is 0 Å². The molecule has 1 aliphatic heterocycles. The molecule has 1 aromatic heterocycles. The Labute approximate surface area is 228 Å². The number of allylic oxidation sites excluding steroid dienone is 1. The van der Waals surface area contributed by atoms with Gasteiger partial charge in [-0.25, -0.2) is 4.79 Å². The van der Waals surface area contributed by atoms with Crippen molar-refractivity contribution in [3.05, 3.63) is 46.0 Å². The van der Waals surface area contributed by atoms with Gasteiger partial charge in [0.1, 0.15) is 18.3 Å². The van der Waals surface area contributed by atoms with Crippen LogP contribution in [0.5, 0.6) is 0 Å². The molecule has 5 N–H and O–H groups in total. The van der Waals surface area contributed by atoms with Crippen molar-refractivity contribution in [1.82, 2.24) is 0 Å². The Morgan fingerprint density at radius 2 is 1.74 bits per heavy atom. The molecule has 0 radical (unpaired) electrons. The first-order valence-electron chi connectivity index (χ1n) is 14.5. The number of rotatable bonds is 3. The Morgan fingerprint density at radius 1 is 0.974 bits per heavy atom. The first-order valence-corrected chi connectivity index (χ1v) is 14.5. The fraction of sp³-hybridized carbons (Fsp3) is 0.767. The average molecular weight is 547 g/mol. The Balaban J connectivity index is 1.24. The van der Waals surface area contributed by atoms with Gasteiger partial charge < -0.3 is 39.4 Å². The topological polar surface area (TPSA) is 150 Å². The summed E-state index contributed by atoms with van der Waals surface area (Å²) in [6.07, 6.45) is 2.04. The lowest BCUT2D eigenvalue weighted by Crippen LogP contribution is -2.65. The van der Waals surface area contributed by atoms with Crippen molar-refractivity contribution < 1.29 is 39.4 Å². The third-order valence-corrected chi connectivity index (χ3v) is 11.6. The van der Waals surface area contributed by atoms with Crippen LogP contribution in [0.1, 0.15) is 77.2 Å². The van der Waals surface area contributed by atoms with Crippen LogP contribution in [0.3, 0.4) is 0 Å². The van der Waals surface area contributed by atoms with E-state index in [1.54, 1.807) is 13.0 Å². The number of fused-ring (bicyclic) bond motifs is 5. The lowest BCUT2D eigenvalue weighted by atomic mass is 9.44. The standard InChI is InChI=1S/C30H42O9/c1-15-24(33)25(34)26(35)27(38-15)39-18-8-10-28(2)17(12-18)5-6-20-21(28)13-22(31)29(3)19(9-11-30(20,29)36)16-4-7-23(32)37-14-16/h4,7,12,14-15,18-22,24-27,31,33-36H,5-6,8-11,13H2,1-3H3/t15?,18-,19+,20?,21?,22+,24+,25?,26?,27+,28-,29-,30-/m0/s1. The van der Waals surface area contributed by atoms with E-state index in [-0.39, 0.29) is 29.3 Å². The summed E-state index contributed by atoms with van der Waals surface area (Å²) in [6.45, 7) is 5.90. The van der Waals surface area contributed by atoms with E-state index in [0.717, 1.165) is 31.2 Å². The molecule has 5 aliphatic rings. The number of aliphatic hydroxyl groups excluding tert-OH is 4. The molecule has 9 heteroatoms. The maximum atomic E-state index is 12.4. The van der Waals surface area contributed by atoms with Crippen molar-refractivity contribution in [2.45, 2.75) is 120 Å². The van der Waals surface area contributed by atoms with E-state index < -0.39 is 53.5 Å². The molecule has 4 fully saturated rings. The monoisotopic (exact) mass is 546 g/mol. The molecule has 1 saturated heterocycles. The van der Waals surface area contributed by atoms with Gasteiger partial charge in [0.15, 0.2) is 6.29 Å². The van der Waals surface area contributed by atoms with E-state index in [2.05, 4.69) is 13.0 Å². The van der Waals surface area contributed by atoms with Gasteiger partial charge in [-0.05, 0) is 86.7 Å². The number of aliphatic hydroxyl groups is 5. The second kappa shape index (κ2) is 9.48. The first kappa shape index (κ1) is 27.6. The summed E-state index contributed by atoms with van der Waals surface area (Å²) in [5.41, 5.74) is -0.294.